The normalized spacial score (nSPS) is 11.2. The molecule has 0 bridgehead atoms. The number of rotatable bonds is 4. The average molecular weight is 297 g/mol. The van der Waals surface area contributed by atoms with E-state index in [0.29, 0.717) is 21.4 Å². The van der Waals surface area contributed by atoms with Crippen LogP contribution in [0.15, 0.2) is 47.7 Å². The number of methoxy groups -OCH3 is 1. The van der Waals surface area contributed by atoms with E-state index >= 15 is 0 Å². The van der Waals surface area contributed by atoms with Crippen molar-refractivity contribution in [2.24, 2.45) is 0 Å². The highest BCUT2D eigenvalue weighted by Crippen LogP contribution is 2.31. The predicted molar refractivity (Wildman–Crippen MR) is 73.2 cm³/mol. The van der Waals surface area contributed by atoms with Gasteiger partial charge in [0.15, 0.2) is 0 Å². The van der Waals surface area contributed by atoms with Crippen molar-refractivity contribution in [3.05, 3.63) is 64.6 Å². The lowest BCUT2D eigenvalue weighted by Gasteiger charge is -2.12. The second-order valence-electron chi connectivity index (χ2n) is 3.55. The van der Waals surface area contributed by atoms with Crippen LogP contribution >= 0.6 is 15.9 Å². The van der Waals surface area contributed by atoms with Crippen molar-refractivity contribution in [1.29, 1.82) is 0 Å². The Bertz CT molecular complexity index is 466. The second kappa shape index (κ2) is 5.82. The average Bonchev–Trinajstić information content (AvgIpc) is 2.24. The van der Waals surface area contributed by atoms with Crippen LogP contribution in [0.2, 0.25) is 0 Å². The fraction of sp³-hybridized carbons (Fsp3) is 0.143. The van der Waals surface area contributed by atoms with Crippen molar-refractivity contribution in [2.45, 2.75) is 6.92 Å². The summed E-state index contributed by atoms with van der Waals surface area (Å²) in [5.74, 6) is 0.164. The van der Waals surface area contributed by atoms with Crippen molar-refractivity contribution in [3.8, 4) is 0 Å². The van der Waals surface area contributed by atoms with Gasteiger partial charge >= 0.3 is 0 Å². The molecule has 0 heterocycles. The SMILES string of the molecule is C=C/C=C(/OC)C(=C)c1c(F)cc(C)cc1Br. The summed E-state index contributed by atoms with van der Waals surface area (Å²) in [5, 5.41) is 0. The van der Waals surface area contributed by atoms with Crippen molar-refractivity contribution in [3.63, 3.8) is 0 Å². The number of hydrogen-bond acceptors (Lipinski definition) is 1. The summed E-state index contributed by atoms with van der Waals surface area (Å²) in [5.41, 5.74) is 1.74. The summed E-state index contributed by atoms with van der Waals surface area (Å²) in [6.45, 7) is 9.27. The van der Waals surface area contributed by atoms with Gasteiger partial charge < -0.3 is 4.74 Å². The molecule has 1 rings (SSSR count). The van der Waals surface area contributed by atoms with Gasteiger partial charge in [-0.2, -0.15) is 0 Å². The summed E-state index contributed by atoms with van der Waals surface area (Å²) in [6, 6.07) is 3.30. The van der Waals surface area contributed by atoms with Crippen LogP contribution in [0, 0.1) is 12.7 Å². The lowest BCUT2D eigenvalue weighted by Crippen LogP contribution is -1.97. The molecule has 0 unspecified atom stereocenters. The van der Waals surface area contributed by atoms with Gasteiger partial charge in [0, 0.05) is 15.6 Å². The van der Waals surface area contributed by atoms with Gasteiger partial charge in [-0.15, -0.1) is 0 Å². The van der Waals surface area contributed by atoms with Gasteiger partial charge in [-0.3, -0.25) is 0 Å². The van der Waals surface area contributed by atoms with Crippen LogP contribution in [0.3, 0.4) is 0 Å². The molecule has 90 valence electrons. The smallest absolute Gasteiger partial charge is 0.132 e. The first-order chi connectivity index (χ1) is 8.01. The molecule has 0 aromatic heterocycles. The zero-order valence-corrected chi connectivity index (χ0v) is 11.5. The van der Waals surface area contributed by atoms with Gasteiger partial charge in [0.25, 0.3) is 0 Å². The highest BCUT2D eigenvalue weighted by Gasteiger charge is 2.14. The number of hydrogen-bond donors (Lipinski definition) is 0. The quantitative estimate of drug-likeness (QED) is 0.582. The van der Waals surface area contributed by atoms with Crippen molar-refractivity contribution in [2.75, 3.05) is 7.11 Å². The van der Waals surface area contributed by atoms with Gasteiger partial charge in [-0.1, -0.05) is 35.2 Å². The van der Waals surface area contributed by atoms with E-state index in [1.807, 2.05) is 13.0 Å². The number of ether oxygens (including phenoxy) is 1. The zero-order chi connectivity index (χ0) is 13.0. The van der Waals surface area contributed by atoms with E-state index in [1.54, 1.807) is 12.2 Å². The highest BCUT2D eigenvalue weighted by molar-refractivity contribution is 9.10. The number of halogens is 2. The fourth-order valence-corrected chi connectivity index (χ4v) is 2.30. The Kier molecular flexibility index (Phi) is 4.70. The predicted octanol–water partition coefficient (Wildman–Crippen LogP) is 4.63. The van der Waals surface area contributed by atoms with Crippen LogP contribution in [0.4, 0.5) is 4.39 Å². The third-order valence-electron chi connectivity index (χ3n) is 2.27. The molecule has 0 spiro atoms. The van der Waals surface area contributed by atoms with E-state index in [4.69, 9.17) is 4.74 Å². The molecular formula is C14H14BrFO. The molecule has 0 radical (unpaired) electrons. The highest BCUT2D eigenvalue weighted by atomic mass is 79.9. The molecule has 0 N–H and O–H groups in total. The zero-order valence-electron chi connectivity index (χ0n) is 9.89. The maximum Gasteiger partial charge on any atom is 0.132 e. The molecule has 1 aromatic rings. The van der Waals surface area contributed by atoms with Gasteiger partial charge in [0.1, 0.15) is 11.6 Å². The minimum absolute atomic E-state index is 0.325. The summed E-state index contributed by atoms with van der Waals surface area (Å²) < 4.78 is 19.7. The van der Waals surface area contributed by atoms with Gasteiger partial charge in [0.05, 0.1) is 7.11 Å². The molecule has 0 amide bonds. The Morgan fingerprint density at radius 2 is 2.12 bits per heavy atom. The Labute approximate surface area is 109 Å². The maximum atomic E-state index is 13.9. The lowest BCUT2D eigenvalue weighted by atomic mass is 10.0. The van der Waals surface area contributed by atoms with Gasteiger partial charge in [-0.05, 0) is 30.7 Å². The first-order valence-corrected chi connectivity index (χ1v) is 5.82. The van der Waals surface area contributed by atoms with E-state index in [1.165, 1.54) is 13.2 Å². The second-order valence-corrected chi connectivity index (χ2v) is 4.41. The van der Waals surface area contributed by atoms with Crippen LogP contribution in [0.1, 0.15) is 11.1 Å². The number of allylic oxidation sites excluding steroid dienone is 3. The Hall–Kier alpha value is -1.35. The molecule has 3 heteroatoms. The first kappa shape index (κ1) is 13.7. The third kappa shape index (κ3) is 3.07. The van der Waals surface area contributed by atoms with Gasteiger partial charge in [0.2, 0.25) is 0 Å². The molecule has 1 nitrogen and oxygen atoms in total. The number of benzene rings is 1. The monoisotopic (exact) mass is 296 g/mol. The van der Waals surface area contributed by atoms with Gasteiger partial charge in [-0.25, -0.2) is 4.39 Å². The first-order valence-electron chi connectivity index (χ1n) is 5.03. The summed E-state index contributed by atoms with van der Waals surface area (Å²) in [7, 11) is 1.51. The molecule has 0 aliphatic heterocycles. The molecule has 0 saturated heterocycles. The summed E-state index contributed by atoms with van der Waals surface area (Å²) >= 11 is 3.34. The molecule has 17 heavy (non-hydrogen) atoms. The van der Waals surface area contributed by atoms with Crippen LogP contribution in [0.5, 0.6) is 0 Å². The standard InChI is InChI=1S/C14H14BrFO/c1-5-6-13(17-4)10(3)14-11(15)7-9(2)8-12(14)16/h5-8H,1,3H2,2,4H3/b13-6+. The Morgan fingerprint density at radius 1 is 1.47 bits per heavy atom. The minimum Gasteiger partial charge on any atom is -0.496 e. The maximum absolute atomic E-state index is 13.9. The van der Waals surface area contributed by atoms with Crippen molar-refractivity contribution in [1.82, 2.24) is 0 Å². The molecule has 0 aliphatic rings. The largest absolute Gasteiger partial charge is 0.496 e. The summed E-state index contributed by atoms with van der Waals surface area (Å²) in [6.07, 6.45) is 3.22. The van der Waals surface area contributed by atoms with Crippen LogP contribution in [-0.2, 0) is 4.74 Å². The molecule has 0 atom stereocenters. The van der Waals surface area contributed by atoms with Crippen LogP contribution < -0.4 is 0 Å². The Balaban J connectivity index is 3.30. The van der Waals surface area contributed by atoms with Crippen molar-refractivity contribution >= 4 is 21.5 Å². The molecular weight excluding hydrogens is 283 g/mol. The fourth-order valence-electron chi connectivity index (χ4n) is 1.51. The van der Waals surface area contributed by atoms with E-state index in [0.717, 1.165) is 5.56 Å². The molecule has 0 aliphatic carbocycles. The molecule has 0 saturated carbocycles. The Morgan fingerprint density at radius 3 is 2.59 bits per heavy atom. The van der Waals surface area contributed by atoms with E-state index in [-0.39, 0.29) is 5.82 Å². The molecule has 1 aromatic carbocycles. The molecule has 0 fully saturated rings. The summed E-state index contributed by atoms with van der Waals surface area (Å²) in [4.78, 5) is 0. The topological polar surface area (TPSA) is 9.23 Å². The van der Waals surface area contributed by atoms with E-state index in [2.05, 4.69) is 29.1 Å². The van der Waals surface area contributed by atoms with E-state index < -0.39 is 0 Å². The van der Waals surface area contributed by atoms with E-state index in [9.17, 15) is 4.39 Å². The third-order valence-corrected chi connectivity index (χ3v) is 2.90. The van der Waals surface area contributed by atoms with Crippen molar-refractivity contribution < 1.29 is 9.13 Å². The number of aryl methyl sites for hydroxylation is 1. The van der Waals surface area contributed by atoms with Crippen LogP contribution in [0.25, 0.3) is 5.57 Å². The van der Waals surface area contributed by atoms with Crippen LogP contribution in [-0.4, -0.2) is 7.11 Å². The minimum atomic E-state index is -0.325. The lowest BCUT2D eigenvalue weighted by molar-refractivity contribution is 0.311.